The van der Waals surface area contributed by atoms with Crippen molar-refractivity contribution < 1.29 is 4.79 Å². The number of pyridine rings is 1. The van der Waals surface area contributed by atoms with E-state index in [-0.39, 0.29) is 11.9 Å². The maximum atomic E-state index is 13.2. The zero-order chi connectivity index (χ0) is 20.2. The van der Waals surface area contributed by atoms with Gasteiger partial charge >= 0.3 is 0 Å². The minimum Gasteiger partial charge on any atom is -0.328 e. The van der Waals surface area contributed by atoms with Gasteiger partial charge < -0.3 is 4.90 Å². The molecule has 1 atom stereocenters. The molecular formula is C23H25N5O. The van der Waals surface area contributed by atoms with Gasteiger partial charge in [0.1, 0.15) is 18.5 Å². The first kappa shape index (κ1) is 19.1. The van der Waals surface area contributed by atoms with Gasteiger partial charge in [-0.1, -0.05) is 44.1 Å². The number of amides is 1. The van der Waals surface area contributed by atoms with Crippen molar-refractivity contribution >= 4 is 5.91 Å². The first-order valence-corrected chi connectivity index (χ1v) is 10.1. The lowest BCUT2D eigenvalue weighted by molar-refractivity contribution is 0.0743. The lowest BCUT2D eigenvalue weighted by Crippen LogP contribution is -2.36. The van der Waals surface area contributed by atoms with Crippen molar-refractivity contribution in [2.45, 2.75) is 39.2 Å². The van der Waals surface area contributed by atoms with Crippen LogP contribution < -0.4 is 0 Å². The smallest absolute Gasteiger partial charge is 0.254 e. The fraction of sp³-hybridized carbons (Fsp3) is 0.304. The molecule has 1 aliphatic rings. The number of nitrogens with zero attached hydrogens (tertiary/aromatic N) is 5. The summed E-state index contributed by atoms with van der Waals surface area (Å²) in [5.74, 6) is 0.857. The third-order valence-electron chi connectivity index (χ3n) is 5.35. The molecule has 148 valence electrons. The highest BCUT2D eigenvalue weighted by molar-refractivity contribution is 5.96. The van der Waals surface area contributed by atoms with Gasteiger partial charge in [0, 0.05) is 23.4 Å². The van der Waals surface area contributed by atoms with Crippen LogP contribution in [-0.4, -0.2) is 43.1 Å². The van der Waals surface area contributed by atoms with Crippen molar-refractivity contribution in [2.24, 2.45) is 0 Å². The average Bonchev–Trinajstić information content (AvgIpc) is 3.44. The van der Waals surface area contributed by atoms with Gasteiger partial charge in [-0.05, 0) is 43.2 Å². The van der Waals surface area contributed by atoms with Crippen molar-refractivity contribution in [3.63, 3.8) is 0 Å². The zero-order valence-corrected chi connectivity index (χ0v) is 16.8. The van der Waals surface area contributed by atoms with Crippen LogP contribution in [0.2, 0.25) is 0 Å². The Bertz CT molecular complexity index is 1030. The molecule has 0 saturated carbocycles. The fourth-order valence-electron chi connectivity index (χ4n) is 3.77. The first-order valence-electron chi connectivity index (χ1n) is 10.1. The Morgan fingerprint density at radius 3 is 2.76 bits per heavy atom. The number of aromatic nitrogens is 4. The molecule has 1 amide bonds. The predicted molar refractivity (Wildman–Crippen MR) is 113 cm³/mol. The number of hydrogen-bond acceptors (Lipinski definition) is 4. The molecule has 0 radical (unpaired) electrons. The van der Waals surface area contributed by atoms with Crippen LogP contribution >= 0.6 is 0 Å². The van der Waals surface area contributed by atoms with Gasteiger partial charge in [-0.3, -0.25) is 9.36 Å². The second kappa shape index (κ2) is 8.39. The van der Waals surface area contributed by atoms with Crippen LogP contribution in [0, 0.1) is 6.92 Å². The van der Waals surface area contributed by atoms with Crippen molar-refractivity contribution in [3.8, 4) is 16.9 Å². The Kier molecular flexibility index (Phi) is 5.51. The Morgan fingerprint density at radius 1 is 1.17 bits per heavy atom. The molecule has 0 saturated heterocycles. The first-order chi connectivity index (χ1) is 14.2. The molecule has 1 aromatic carbocycles. The topological polar surface area (TPSA) is 63.9 Å². The summed E-state index contributed by atoms with van der Waals surface area (Å²) in [4.78, 5) is 19.8. The summed E-state index contributed by atoms with van der Waals surface area (Å²) in [5, 5.41) is 7.66. The molecule has 0 fully saturated rings. The van der Waals surface area contributed by atoms with Gasteiger partial charge in [0.2, 0.25) is 0 Å². The van der Waals surface area contributed by atoms with Gasteiger partial charge in [-0.2, -0.15) is 0 Å². The van der Waals surface area contributed by atoms with E-state index in [2.05, 4.69) is 34.3 Å². The molecule has 6 nitrogen and oxygen atoms in total. The van der Waals surface area contributed by atoms with Gasteiger partial charge in [0.15, 0.2) is 0 Å². The highest BCUT2D eigenvalue weighted by Crippen LogP contribution is 2.26. The zero-order valence-electron chi connectivity index (χ0n) is 16.8. The summed E-state index contributed by atoms with van der Waals surface area (Å²) in [5.41, 5.74) is 3.62. The molecule has 3 heterocycles. The number of aryl methyl sites for hydroxylation is 1. The van der Waals surface area contributed by atoms with E-state index in [0.717, 1.165) is 47.5 Å². The number of hydrogen-bond donors (Lipinski definition) is 0. The molecule has 1 unspecified atom stereocenters. The number of benzene rings is 1. The molecule has 3 aromatic rings. The van der Waals surface area contributed by atoms with E-state index in [1.165, 1.54) is 0 Å². The lowest BCUT2D eigenvalue weighted by atomic mass is 10.0. The van der Waals surface area contributed by atoms with Crippen LogP contribution in [0.15, 0.2) is 61.2 Å². The summed E-state index contributed by atoms with van der Waals surface area (Å²) < 4.78 is 1.77. The number of unbranched alkanes of at least 4 members (excludes halogenated alkanes) is 1. The van der Waals surface area contributed by atoms with Gasteiger partial charge in [0.25, 0.3) is 5.91 Å². The molecule has 0 spiro atoms. The molecule has 4 rings (SSSR count). The van der Waals surface area contributed by atoms with Gasteiger partial charge in [-0.25, -0.2) is 4.98 Å². The molecule has 0 N–H and O–H groups in total. The number of rotatable bonds is 6. The third kappa shape index (κ3) is 3.97. The standard InChI is InChI=1S/C23H25N5O/c1-3-4-9-20-10-6-13-28(20)23(29)19-8-5-7-18(14-19)21-11-12-22(26-17(21)2)27-15-24-25-16-27/h5-8,10-12,14-16,20H,3-4,9,13H2,1-2H3. The maximum absolute atomic E-state index is 13.2. The minimum atomic E-state index is 0.0877. The lowest BCUT2D eigenvalue weighted by Gasteiger charge is -2.25. The highest BCUT2D eigenvalue weighted by atomic mass is 16.2. The molecule has 1 aliphatic heterocycles. The minimum absolute atomic E-state index is 0.0877. The predicted octanol–water partition coefficient (Wildman–Crippen LogP) is 4.21. The molecule has 29 heavy (non-hydrogen) atoms. The third-order valence-corrected chi connectivity index (χ3v) is 5.35. The normalized spacial score (nSPS) is 15.8. The van der Waals surface area contributed by atoms with Crippen LogP contribution in [0.5, 0.6) is 0 Å². The number of carbonyl (C=O) groups excluding carboxylic acids is 1. The monoisotopic (exact) mass is 387 g/mol. The summed E-state index contributed by atoms with van der Waals surface area (Å²) in [6.45, 7) is 4.84. The van der Waals surface area contributed by atoms with Gasteiger partial charge in [-0.15, -0.1) is 10.2 Å². The van der Waals surface area contributed by atoms with Crippen molar-refractivity contribution in [2.75, 3.05) is 6.54 Å². The van der Waals surface area contributed by atoms with E-state index in [4.69, 9.17) is 0 Å². The van der Waals surface area contributed by atoms with Crippen LogP contribution in [0.3, 0.4) is 0 Å². The molecule has 0 bridgehead atoms. The Labute approximate surface area is 170 Å². The Morgan fingerprint density at radius 2 is 2.00 bits per heavy atom. The van der Waals surface area contributed by atoms with Crippen molar-refractivity contribution in [1.29, 1.82) is 0 Å². The van der Waals surface area contributed by atoms with E-state index in [1.54, 1.807) is 17.2 Å². The fourth-order valence-corrected chi connectivity index (χ4v) is 3.77. The summed E-state index contributed by atoms with van der Waals surface area (Å²) >= 11 is 0. The van der Waals surface area contributed by atoms with Crippen LogP contribution in [0.4, 0.5) is 0 Å². The molecule has 2 aromatic heterocycles. The number of carbonyl (C=O) groups is 1. The van der Waals surface area contributed by atoms with E-state index >= 15 is 0 Å². The molecule has 0 aliphatic carbocycles. The second-order valence-electron chi connectivity index (χ2n) is 7.35. The highest BCUT2D eigenvalue weighted by Gasteiger charge is 2.25. The van der Waals surface area contributed by atoms with E-state index < -0.39 is 0 Å². The quantitative estimate of drug-likeness (QED) is 0.595. The largest absolute Gasteiger partial charge is 0.328 e. The van der Waals surface area contributed by atoms with E-state index in [0.29, 0.717) is 6.54 Å². The summed E-state index contributed by atoms with van der Waals surface area (Å²) in [6.07, 6.45) is 10.8. The molecular weight excluding hydrogens is 362 g/mol. The average molecular weight is 387 g/mol. The Balaban J connectivity index is 1.58. The molecule has 6 heteroatoms. The second-order valence-corrected chi connectivity index (χ2v) is 7.35. The summed E-state index contributed by atoms with van der Waals surface area (Å²) in [7, 11) is 0. The van der Waals surface area contributed by atoms with E-state index in [1.807, 2.05) is 48.2 Å². The maximum Gasteiger partial charge on any atom is 0.254 e. The van der Waals surface area contributed by atoms with Crippen molar-refractivity contribution in [1.82, 2.24) is 24.6 Å². The van der Waals surface area contributed by atoms with Crippen LogP contribution in [0.25, 0.3) is 16.9 Å². The van der Waals surface area contributed by atoms with Crippen LogP contribution in [0.1, 0.15) is 42.2 Å². The van der Waals surface area contributed by atoms with Gasteiger partial charge in [0.05, 0.1) is 6.04 Å². The SMILES string of the molecule is CCCCC1C=CCN1C(=O)c1cccc(-c2ccc(-n3cnnc3)nc2C)c1. The summed E-state index contributed by atoms with van der Waals surface area (Å²) in [6, 6.07) is 12.0. The van der Waals surface area contributed by atoms with Crippen LogP contribution in [-0.2, 0) is 0 Å². The Hall–Kier alpha value is -3.28. The van der Waals surface area contributed by atoms with Crippen molar-refractivity contribution in [3.05, 3.63) is 72.5 Å². The van der Waals surface area contributed by atoms with E-state index in [9.17, 15) is 4.79 Å².